The van der Waals surface area contributed by atoms with Crippen molar-refractivity contribution >= 4 is 19.7 Å². The number of ether oxygens (including phenoxy) is 1. The van der Waals surface area contributed by atoms with Crippen LogP contribution >= 0.6 is 10.7 Å². The monoisotopic (exact) mass is 320 g/mol. The Kier molecular flexibility index (Phi) is 4.91. The molecule has 0 aromatic heterocycles. The van der Waals surface area contributed by atoms with Gasteiger partial charge in [-0.25, -0.2) is 12.8 Å². The fraction of sp³-hybridized carbons (Fsp3) is 0.571. The lowest BCUT2D eigenvalue weighted by Crippen LogP contribution is -2.36. The molecule has 0 unspecified atom stereocenters. The lowest BCUT2D eigenvalue weighted by atomic mass is 9.76. The number of hydrogen-bond donors (Lipinski definition) is 0. The van der Waals surface area contributed by atoms with Crippen LogP contribution in [0.1, 0.15) is 32.1 Å². The molecule has 0 spiro atoms. The molecule has 1 aromatic carbocycles. The molecule has 0 radical (unpaired) electrons. The van der Waals surface area contributed by atoms with E-state index in [2.05, 4.69) is 0 Å². The molecule has 1 aliphatic rings. The quantitative estimate of drug-likeness (QED) is 0.776. The molecule has 0 aliphatic heterocycles. The number of rotatable bonds is 5. The van der Waals surface area contributed by atoms with E-state index in [1.165, 1.54) is 12.1 Å². The van der Waals surface area contributed by atoms with Crippen LogP contribution in [0, 0.1) is 11.2 Å². The Morgan fingerprint density at radius 2 is 1.75 bits per heavy atom. The van der Waals surface area contributed by atoms with E-state index in [9.17, 15) is 12.8 Å². The van der Waals surface area contributed by atoms with Gasteiger partial charge in [0.15, 0.2) is 0 Å². The van der Waals surface area contributed by atoms with Crippen LogP contribution < -0.4 is 4.74 Å². The second kappa shape index (κ2) is 6.31. The van der Waals surface area contributed by atoms with Crippen molar-refractivity contribution in [2.75, 3.05) is 12.4 Å². The minimum atomic E-state index is -3.56. The van der Waals surface area contributed by atoms with Crippen molar-refractivity contribution in [1.29, 1.82) is 0 Å². The summed E-state index contributed by atoms with van der Waals surface area (Å²) in [5, 5.41) is 0. The fourth-order valence-corrected chi connectivity index (χ4v) is 4.56. The molecule has 0 N–H and O–H groups in total. The summed E-state index contributed by atoms with van der Waals surface area (Å²) in [5.74, 6) is 0.152. The first-order valence-electron chi connectivity index (χ1n) is 6.69. The lowest BCUT2D eigenvalue weighted by molar-refractivity contribution is 0.119. The lowest BCUT2D eigenvalue weighted by Gasteiger charge is -2.35. The van der Waals surface area contributed by atoms with Crippen LogP contribution in [0.3, 0.4) is 0 Å². The summed E-state index contributed by atoms with van der Waals surface area (Å²) in [5.41, 5.74) is -0.423. The Morgan fingerprint density at radius 3 is 2.30 bits per heavy atom. The topological polar surface area (TPSA) is 43.4 Å². The molecule has 0 bridgehead atoms. The molecule has 0 amide bonds. The average molecular weight is 321 g/mol. The van der Waals surface area contributed by atoms with Gasteiger partial charge in [0, 0.05) is 16.1 Å². The van der Waals surface area contributed by atoms with Gasteiger partial charge in [-0.3, -0.25) is 0 Å². The highest BCUT2D eigenvalue weighted by atomic mass is 35.7. The minimum Gasteiger partial charge on any atom is -0.493 e. The van der Waals surface area contributed by atoms with Crippen LogP contribution in [0.4, 0.5) is 4.39 Å². The predicted octanol–water partition coefficient (Wildman–Crippen LogP) is 3.72. The van der Waals surface area contributed by atoms with Gasteiger partial charge < -0.3 is 4.74 Å². The summed E-state index contributed by atoms with van der Waals surface area (Å²) < 4.78 is 41.3. The van der Waals surface area contributed by atoms with E-state index in [-0.39, 0.29) is 11.6 Å². The van der Waals surface area contributed by atoms with Gasteiger partial charge in [-0.15, -0.1) is 0 Å². The molecule has 0 heterocycles. The first-order chi connectivity index (χ1) is 9.39. The van der Waals surface area contributed by atoms with E-state index in [4.69, 9.17) is 15.4 Å². The third-order valence-electron chi connectivity index (χ3n) is 3.75. The zero-order valence-electron chi connectivity index (χ0n) is 11.1. The van der Waals surface area contributed by atoms with Crippen LogP contribution in [-0.2, 0) is 9.05 Å². The summed E-state index contributed by atoms with van der Waals surface area (Å²) in [6, 6.07) is 5.73. The maximum Gasteiger partial charge on any atom is 0.233 e. The summed E-state index contributed by atoms with van der Waals surface area (Å²) in [6.07, 6.45) is 4.67. The minimum absolute atomic E-state index is 0.0667. The van der Waals surface area contributed by atoms with E-state index in [0.29, 0.717) is 12.4 Å². The SMILES string of the molecule is O=S(=O)(Cl)CC1(COc2ccc(F)cc2)CCCCC1. The molecule has 6 heteroatoms. The van der Waals surface area contributed by atoms with E-state index >= 15 is 0 Å². The third kappa shape index (κ3) is 4.63. The molecule has 112 valence electrons. The van der Waals surface area contributed by atoms with Crippen LogP contribution in [0.15, 0.2) is 24.3 Å². The molecule has 20 heavy (non-hydrogen) atoms. The Balaban J connectivity index is 2.06. The first kappa shape index (κ1) is 15.6. The second-order valence-corrected chi connectivity index (χ2v) is 8.26. The first-order valence-corrected chi connectivity index (χ1v) is 9.17. The zero-order valence-corrected chi connectivity index (χ0v) is 12.7. The summed E-state index contributed by atoms with van der Waals surface area (Å²) in [6.45, 7) is 0.296. The molecule has 1 aliphatic carbocycles. The van der Waals surface area contributed by atoms with Crippen molar-refractivity contribution in [1.82, 2.24) is 0 Å². The van der Waals surface area contributed by atoms with Crippen molar-refractivity contribution in [2.24, 2.45) is 5.41 Å². The Labute approximate surface area is 123 Å². The summed E-state index contributed by atoms with van der Waals surface area (Å²) >= 11 is 0. The van der Waals surface area contributed by atoms with Gasteiger partial charge in [-0.05, 0) is 37.1 Å². The largest absolute Gasteiger partial charge is 0.493 e. The molecule has 1 aromatic rings. The third-order valence-corrected chi connectivity index (χ3v) is 5.04. The van der Waals surface area contributed by atoms with Gasteiger partial charge in [0.1, 0.15) is 11.6 Å². The average Bonchev–Trinajstić information content (AvgIpc) is 2.37. The maximum atomic E-state index is 12.8. The highest BCUT2D eigenvalue weighted by Gasteiger charge is 2.37. The highest BCUT2D eigenvalue weighted by molar-refractivity contribution is 8.13. The van der Waals surface area contributed by atoms with E-state index < -0.39 is 14.5 Å². The predicted molar refractivity (Wildman–Crippen MR) is 77.1 cm³/mol. The zero-order chi connectivity index (χ0) is 14.6. The standard InChI is InChI=1S/C14H18ClFO3S/c15-20(17,18)11-14(8-2-1-3-9-14)10-19-13-6-4-12(16)5-7-13/h4-7H,1-3,8-11H2. The fourth-order valence-electron chi connectivity index (χ4n) is 2.77. The van der Waals surface area contributed by atoms with Crippen LogP contribution in [0.25, 0.3) is 0 Å². The van der Waals surface area contributed by atoms with Gasteiger partial charge in [-0.1, -0.05) is 19.3 Å². The van der Waals surface area contributed by atoms with E-state index in [1.807, 2.05) is 0 Å². The molecule has 1 fully saturated rings. The van der Waals surface area contributed by atoms with Gasteiger partial charge in [0.05, 0.1) is 12.4 Å². The molecular formula is C14H18ClFO3S. The van der Waals surface area contributed by atoms with Crippen LogP contribution in [0.2, 0.25) is 0 Å². The van der Waals surface area contributed by atoms with Crippen molar-refractivity contribution in [2.45, 2.75) is 32.1 Å². The van der Waals surface area contributed by atoms with E-state index in [1.54, 1.807) is 12.1 Å². The van der Waals surface area contributed by atoms with Gasteiger partial charge in [0.2, 0.25) is 9.05 Å². The molecule has 3 nitrogen and oxygen atoms in total. The number of hydrogen-bond acceptors (Lipinski definition) is 3. The summed E-state index contributed by atoms with van der Waals surface area (Å²) in [7, 11) is 1.86. The van der Waals surface area contributed by atoms with E-state index in [0.717, 1.165) is 32.1 Å². The molecule has 2 rings (SSSR count). The summed E-state index contributed by atoms with van der Waals surface area (Å²) in [4.78, 5) is 0. The van der Waals surface area contributed by atoms with Crippen molar-refractivity contribution < 1.29 is 17.5 Å². The Bertz CT molecular complexity index is 536. The van der Waals surface area contributed by atoms with Gasteiger partial charge in [-0.2, -0.15) is 0 Å². The molecule has 1 saturated carbocycles. The number of benzene rings is 1. The van der Waals surface area contributed by atoms with Crippen LogP contribution in [0.5, 0.6) is 5.75 Å². The van der Waals surface area contributed by atoms with Gasteiger partial charge in [0.25, 0.3) is 0 Å². The number of halogens is 2. The molecule has 0 atom stereocenters. The Hall–Kier alpha value is -0.810. The Morgan fingerprint density at radius 1 is 1.15 bits per heavy atom. The smallest absolute Gasteiger partial charge is 0.233 e. The van der Waals surface area contributed by atoms with Crippen molar-refractivity contribution in [3.63, 3.8) is 0 Å². The maximum absolute atomic E-state index is 12.8. The van der Waals surface area contributed by atoms with Gasteiger partial charge >= 0.3 is 0 Å². The molecule has 0 saturated heterocycles. The normalized spacial score (nSPS) is 18.7. The second-order valence-electron chi connectivity index (χ2n) is 5.49. The highest BCUT2D eigenvalue weighted by Crippen LogP contribution is 2.38. The van der Waals surface area contributed by atoms with Crippen molar-refractivity contribution in [3.8, 4) is 5.75 Å². The van der Waals surface area contributed by atoms with Crippen LogP contribution in [-0.4, -0.2) is 20.8 Å². The van der Waals surface area contributed by atoms with Crippen molar-refractivity contribution in [3.05, 3.63) is 30.1 Å². The molecular weight excluding hydrogens is 303 g/mol.